The van der Waals surface area contributed by atoms with Gasteiger partial charge in [0.1, 0.15) is 17.7 Å². The van der Waals surface area contributed by atoms with Crippen LogP contribution in [0, 0.1) is 31.0 Å². The van der Waals surface area contributed by atoms with Gasteiger partial charge >= 0.3 is 0 Å². The maximum Gasteiger partial charge on any atom is 0.280 e. The molecule has 0 unspecified atom stereocenters. The van der Waals surface area contributed by atoms with Gasteiger partial charge in [0, 0.05) is 12.6 Å². The number of nitrogens with one attached hydrogen (secondary N) is 2. The Hall–Kier alpha value is -3.18. The molecule has 2 N–H and O–H groups in total. The summed E-state index contributed by atoms with van der Waals surface area (Å²) in [6.07, 6.45) is 0. The van der Waals surface area contributed by atoms with Crippen LogP contribution in [0.1, 0.15) is 23.7 Å². The van der Waals surface area contributed by atoms with Gasteiger partial charge in [-0.05, 0) is 37.6 Å². The predicted molar refractivity (Wildman–Crippen MR) is 106 cm³/mol. The lowest BCUT2D eigenvalue weighted by Crippen LogP contribution is -3.15. The lowest BCUT2D eigenvalue weighted by molar-refractivity contribution is -0.895. The van der Waals surface area contributed by atoms with Gasteiger partial charge in [-0.25, -0.2) is 4.39 Å². The van der Waals surface area contributed by atoms with Crippen molar-refractivity contribution < 1.29 is 18.9 Å². The summed E-state index contributed by atoms with van der Waals surface area (Å²) in [7, 11) is 0. The van der Waals surface area contributed by atoms with E-state index in [-0.39, 0.29) is 18.4 Å². The first-order chi connectivity index (χ1) is 13.8. The van der Waals surface area contributed by atoms with Gasteiger partial charge in [-0.15, -0.1) is 0 Å². The first-order valence-electron chi connectivity index (χ1n) is 9.58. The molecule has 8 heteroatoms. The van der Waals surface area contributed by atoms with E-state index in [1.165, 1.54) is 12.1 Å². The molecule has 1 aromatic heterocycles. The predicted octanol–water partition coefficient (Wildman–Crippen LogP) is 0.790. The Kier molecular flexibility index (Phi) is 5.99. The lowest BCUT2D eigenvalue weighted by atomic mass is 10.2. The number of piperazine rings is 1. The quantitative estimate of drug-likeness (QED) is 0.799. The van der Waals surface area contributed by atoms with Crippen molar-refractivity contribution in [1.82, 2.24) is 9.47 Å². The first-order valence-corrected chi connectivity index (χ1v) is 9.58. The summed E-state index contributed by atoms with van der Waals surface area (Å²) in [5.74, 6) is -0.203. The molecule has 29 heavy (non-hydrogen) atoms. The zero-order valence-corrected chi connectivity index (χ0v) is 16.9. The smallest absolute Gasteiger partial charge is 0.280 e. The minimum absolute atomic E-state index is 0.0473. The molecule has 0 aliphatic carbocycles. The van der Waals surface area contributed by atoms with Crippen molar-refractivity contribution in [3.05, 3.63) is 46.9 Å². The van der Waals surface area contributed by atoms with Crippen molar-refractivity contribution in [2.45, 2.75) is 20.8 Å². The van der Waals surface area contributed by atoms with Crippen molar-refractivity contribution in [3.8, 4) is 11.8 Å². The molecule has 0 radical (unpaired) electrons. The molecule has 1 fully saturated rings. The molecule has 2 amide bonds. The van der Waals surface area contributed by atoms with Crippen LogP contribution in [0.4, 0.5) is 10.2 Å². The van der Waals surface area contributed by atoms with Crippen LogP contribution in [-0.4, -0.2) is 54.0 Å². The number of anilines is 1. The molecule has 0 atom stereocenters. The number of quaternary nitrogens is 1. The number of hydrogen-bond acceptors (Lipinski definition) is 3. The van der Waals surface area contributed by atoms with Crippen molar-refractivity contribution in [2.75, 3.05) is 38.0 Å². The van der Waals surface area contributed by atoms with Crippen molar-refractivity contribution in [2.24, 2.45) is 0 Å². The minimum atomic E-state index is -0.392. The number of halogens is 1. The van der Waals surface area contributed by atoms with E-state index in [1.807, 2.05) is 13.8 Å². The van der Waals surface area contributed by atoms with Gasteiger partial charge in [-0.2, -0.15) is 5.26 Å². The zero-order chi connectivity index (χ0) is 21.1. The molecule has 152 valence electrons. The molecule has 1 aliphatic rings. The summed E-state index contributed by atoms with van der Waals surface area (Å²) in [6.45, 7) is 8.07. The fourth-order valence-electron chi connectivity index (χ4n) is 3.72. The van der Waals surface area contributed by atoms with Crippen molar-refractivity contribution >= 4 is 17.6 Å². The number of carbonyl (C=O) groups is 2. The van der Waals surface area contributed by atoms with E-state index in [0.717, 1.165) is 16.2 Å². The molecule has 2 heterocycles. The average Bonchev–Trinajstić information content (AvgIpc) is 2.91. The van der Waals surface area contributed by atoms with Crippen LogP contribution in [0.2, 0.25) is 0 Å². The van der Waals surface area contributed by atoms with E-state index < -0.39 is 5.82 Å². The molecule has 0 bridgehead atoms. The largest absolute Gasteiger partial charge is 0.332 e. The number of carbonyl (C=O) groups excluding carboxylic acids is 2. The summed E-state index contributed by atoms with van der Waals surface area (Å²) < 4.78 is 15.5. The number of hydrogen-bond donors (Lipinski definition) is 2. The Labute approximate surface area is 169 Å². The molecule has 7 nitrogen and oxygen atoms in total. The monoisotopic (exact) mass is 398 g/mol. The van der Waals surface area contributed by atoms with E-state index in [1.54, 1.807) is 28.5 Å². The Bertz CT molecular complexity index is 984. The van der Waals surface area contributed by atoms with Gasteiger partial charge < -0.3 is 15.1 Å². The van der Waals surface area contributed by atoms with Gasteiger partial charge in [0.15, 0.2) is 6.54 Å². The molecule has 2 aromatic rings. The van der Waals surface area contributed by atoms with Crippen molar-refractivity contribution in [3.63, 3.8) is 0 Å². The maximum atomic E-state index is 13.8. The minimum Gasteiger partial charge on any atom is -0.332 e. The Morgan fingerprint density at radius 3 is 2.55 bits per heavy atom. The van der Waals surface area contributed by atoms with Crippen molar-refractivity contribution in [1.29, 1.82) is 5.26 Å². The lowest BCUT2D eigenvalue weighted by Gasteiger charge is -2.31. The highest BCUT2D eigenvalue weighted by atomic mass is 19.1. The van der Waals surface area contributed by atoms with Gasteiger partial charge in [-0.3, -0.25) is 14.2 Å². The molecule has 1 aromatic carbocycles. The number of amides is 2. The molecule has 3 rings (SSSR count). The average molecular weight is 398 g/mol. The summed E-state index contributed by atoms with van der Waals surface area (Å²) in [4.78, 5) is 27.0. The fraction of sp³-hybridized carbons (Fsp3) is 0.381. The van der Waals surface area contributed by atoms with Crippen LogP contribution in [0.25, 0.3) is 5.69 Å². The van der Waals surface area contributed by atoms with E-state index in [4.69, 9.17) is 0 Å². The van der Waals surface area contributed by atoms with E-state index >= 15 is 0 Å². The molecular weight excluding hydrogens is 373 g/mol. The molecular formula is C21H25FN5O2+. The first kappa shape index (κ1) is 20.6. The summed E-state index contributed by atoms with van der Waals surface area (Å²) >= 11 is 0. The van der Waals surface area contributed by atoms with Crippen LogP contribution in [0.15, 0.2) is 24.3 Å². The highest BCUT2D eigenvalue weighted by Crippen LogP contribution is 2.30. The Balaban J connectivity index is 1.82. The molecule has 1 saturated heterocycles. The van der Waals surface area contributed by atoms with Gasteiger partial charge in [0.05, 0.1) is 37.4 Å². The Morgan fingerprint density at radius 2 is 1.97 bits per heavy atom. The summed E-state index contributed by atoms with van der Waals surface area (Å²) in [6, 6.07) is 8.20. The third kappa shape index (κ3) is 4.30. The second-order valence-corrected chi connectivity index (χ2v) is 7.34. The fourth-order valence-corrected chi connectivity index (χ4v) is 3.72. The standard InChI is InChI=1S/C21H24FN5O2/c1-14-15(2)27(18-6-4-5-17(22)11-18)21(19(14)12-23)24-20(29)13-25-7-9-26(10-8-25)16(3)28/h4-6,11H,7-10,13H2,1-3H3,(H,24,29)/p+1. The van der Waals surface area contributed by atoms with Crippen LogP contribution < -0.4 is 10.2 Å². The zero-order valence-electron chi connectivity index (χ0n) is 16.9. The Morgan fingerprint density at radius 1 is 1.28 bits per heavy atom. The number of aromatic nitrogens is 1. The third-order valence-corrected chi connectivity index (χ3v) is 5.48. The molecule has 1 aliphatic heterocycles. The van der Waals surface area contributed by atoms with Gasteiger partial charge in [0.25, 0.3) is 5.91 Å². The van der Waals surface area contributed by atoms with Crippen LogP contribution in [0.3, 0.4) is 0 Å². The van der Waals surface area contributed by atoms with E-state index in [9.17, 15) is 19.2 Å². The normalized spacial score (nSPS) is 14.5. The third-order valence-electron chi connectivity index (χ3n) is 5.48. The second-order valence-electron chi connectivity index (χ2n) is 7.34. The highest BCUT2D eigenvalue weighted by molar-refractivity contribution is 5.93. The number of rotatable bonds is 4. The summed E-state index contributed by atoms with van der Waals surface area (Å²) in [5, 5.41) is 12.5. The molecule has 0 saturated carbocycles. The number of benzene rings is 1. The topological polar surface area (TPSA) is 82.6 Å². The molecule has 0 spiro atoms. The van der Waals surface area contributed by atoms with E-state index in [2.05, 4.69) is 11.4 Å². The number of nitriles is 1. The van der Waals surface area contributed by atoms with Gasteiger partial charge in [-0.1, -0.05) is 6.07 Å². The van der Waals surface area contributed by atoms with Crippen LogP contribution in [-0.2, 0) is 9.59 Å². The van der Waals surface area contributed by atoms with Crippen LogP contribution >= 0.6 is 0 Å². The SMILES string of the molecule is CC(=O)N1CC[NH+](CC(=O)Nc2c(C#N)c(C)c(C)n2-c2cccc(F)c2)CC1. The van der Waals surface area contributed by atoms with E-state index in [0.29, 0.717) is 43.2 Å². The van der Waals surface area contributed by atoms with Crippen LogP contribution in [0.5, 0.6) is 0 Å². The van der Waals surface area contributed by atoms with Gasteiger partial charge in [0.2, 0.25) is 5.91 Å². The second kappa shape index (κ2) is 8.45. The maximum absolute atomic E-state index is 13.8. The number of nitrogens with zero attached hydrogens (tertiary/aromatic N) is 3. The summed E-state index contributed by atoms with van der Waals surface area (Å²) in [5.41, 5.74) is 2.43. The highest BCUT2D eigenvalue weighted by Gasteiger charge is 2.26.